The van der Waals surface area contributed by atoms with Crippen LogP contribution in [0.1, 0.15) is 52.5 Å². The number of anilines is 1. The Morgan fingerprint density at radius 1 is 1.11 bits per heavy atom. The summed E-state index contributed by atoms with van der Waals surface area (Å²) in [5, 5.41) is 2.80. The number of nitrogens with one attached hydrogen (secondary N) is 1. The molecule has 2 amide bonds. The maximum Gasteiger partial charge on any atom is 0.416 e. The van der Waals surface area contributed by atoms with Crippen molar-refractivity contribution in [3.8, 4) is 0 Å². The van der Waals surface area contributed by atoms with E-state index in [1.54, 1.807) is 25.7 Å². The van der Waals surface area contributed by atoms with Crippen LogP contribution >= 0.6 is 11.6 Å². The van der Waals surface area contributed by atoms with Crippen LogP contribution in [0.15, 0.2) is 18.2 Å². The molecule has 3 atom stereocenters. The highest BCUT2D eigenvalue weighted by atomic mass is 35.5. The maximum atomic E-state index is 13.4. The Morgan fingerprint density at radius 3 is 2.40 bits per heavy atom. The minimum atomic E-state index is -4.58. The molecular weight excluding hydrogens is 487 g/mol. The molecule has 2 saturated heterocycles. The Balaban J connectivity index is 1.80. The number of Topliss-reactive ketones (excluding diaryl/α,β-unsaturated/α-hetero) is 1. The summed E-state index contributed by atoms with van der Waals surface area (Å²) in [7, 11) is 0. The van der Waals surface area contributed by atoms with E-state index in [1.165, 1.54) is 17.9 Å². The second kappa shape index (κ2) is 10.2. The Labute approximate surface area is 207 Å². The number of alkyl halides is 3. The van der Waals surface area contributed by atoms with Gasteiger partial charge in [0.25, 0.3) is 0 Å². The molecule has 1 aromatic rings. The van der Waals surface area contributed by atoms with E-state index in [4.69, 9.17) is 16.3 Å². The molecule has 0 aliphatic carbocycles. The number of nitrogens with zero attached hydrogens (tertiary/aromatic N) is 2. The highest BCUT2D eigenvalue weighted by Crippen LogP contribution is 2.34. The van der Waals surface area contributed by atoms with E-state index in [0.717, 1.165) is 12.1 Å². The predicted molar refractivity (Wildman–Crippen MR) is 125 cm³/mol. The van der Waals surface area contributed by atoms with E-state index in [1.807, 2.05) is 0 Å². The number of hydrogen-bond donors (Lipinski definition) is 1. The smallest absolute Gasteiger partial charge is 0.416 e. The number of carbonyl (C=O) groups is 3. The van der Waals surface area contributed by atoms with Crippen LogP contribution in [0.25, 0.3) is 0 Å². The monoisotopic (exact) mass is 517 g/mol. The second-order valence-electron chi connectivity index (χ2n) is 10.1. The molecule has 0 bridgehead atoms. The summed E-state index contributed by atoms with van der Waals surface area (Å²) < 4.78 is 45.1. The van der Waals surface area contributed by atoms with Gasteiger partial charge in [-0.25, -0.2) is 4.79 Å². The summed E-state index contributed by atoms with van der Waals surface area (Å²) in [4.78, 5) is 41.6. The number of amides is 2. The summed E-state index contributed by atoms with van der Waals surface area (Å²) in [6.07, 6.45) is -3.70. The third kappa shape index (κ3) is 6.80. The second-order valence-corrected chi connectivity index (χ2v) is 10.5. The minimum absolute atomic E-state index is 0.0774. The third-order valence-electron chi connectivity index (χ3n) is 6.20. The van der Waals surface area contributed by atoms with Gasteiger partial charge in [-0.2, -0.15) is 13.2 Å². The van der Waals surface area contributed by atoms with Crippen LogP contribution in [0.4, 0.5) is 23.7 Å². The fraction of sp³-hybridized carbons (Fsp3) is 0.625. The van der Waals surface area contributed by atoms with Gasteiger partial charge in [0.1, 0.15) is 17.4 Å². The fourth-order valence-electron chi connectivity index (χ4n) is 4.61. The molecule has 0 aromatic heterocycles. The number of ketones is 1. The SMILES string of the molecule is CC(=O)[C@H]1CCN(C(=O)OC(C)(C)C)C[C@@H]1N1CCCC(Nc2cc(Cl)cc(C(F)(F)F)c2)C1=O. The molecule has 11 heteroatoms. The average Bonchev–Trinajstić information content (AvgIpc) is 2.72. The summed E-state index contributed by atoms with van der Waals surface area (Å²) in [5.41, 5.74) is -1.51. The molecule has 2 aliphatic rings. The Hall–Kier alpha value is -2.49. The first-order valence-corrected chi connectivity index (χ1v) is 12.0. The van der Waals surface area contributed by atoms with E-state index >= 15 is 0 Å². The number of benzene rings is 1. The summed E-state index contributed by atoms with van der Waals surface area (Å²) >= 11 is 5.88. The van der Waals surface area contributed by atoms with E-state index < -0.39 is 41.4 Å². The molecular formula is C24H31ClF3N3O4. The molecule has 1 unspecified atom stereocenters. The van der Waals surface area contributed by atoms with Crippen molar-refractivity contribution in [1.82, 2.24) is 9.80 Å². The highest BCUT2D eigenvalue weighted by molar-refractivity contribution is 6.31. The van der Waals surface area contributed by atoms with Crippen LogP contribution in [-0.2, 0) is 20.5 Å². The molecule has 1 N–H and O–H groups in total. The van der Waals surface area contributed by atoms with Crippen LogP contribution < -0.4 is 5.32 Å². The van der Waals surface area contributed by atoms with Gasteiger partial charge < -0.3 is 19.9 Å². The van der Waals surface area contributed by atoms with Gasteiger partial charge in [-0.05, 0) is 65.2 Å². The first-order valence-electron chi connectivity index (χ1n) is 11.6. The van der Waals surface area contributed by atoms with Gasteiger partial charge in [0.2, 0.25) is 5.91 Å². The van der Waals surface area contributed by atoms with E-state index in [-0.39, 0.29) is 28.9 Å². The predicted octanol–water partition coefficient (Wildman–Crippen LogP) is 4.98. The summed E-state index contributed by atoms with van der Waals surface area (Å²) in [5.74, 6) is -0.849. The third-order valence-corrected chi connectivity index (χ3v) is 6.41. The normalized spacial score (nSPS) is 23.8. The topological polar surface area (TPSA) is 79.0 Å². The number of halogens is 4. The van der Waals surface area contributed by atoms with Gasteiger partial charge in [0.15, 0.2) is 0 Å². The lowest BCUT2D eigenvalue weighted by Crippen LogP contribution is -2.61. The van der Waals surface area contributed by atoms with Crippen molar-refractivity contribution in [2.24, 2.45) is 5.92 Å². The molecule has 0 spiro atoms. The van der Waals surface area contributed by atoms with E-state index in [2.05, 4.69) is 5.32 Å². The molecule has 3 rings (SSSR count). The lowest BCUT2D eigenvalue weighted by molar-refractivity contribution is -0.142. The maximum absolute atomic E-state index is 13.4. The standard InChI is InChI=1S/C24H31ClF3N3O4/c1-14(32)18-7-9-30(22(34)35-23(2,3)4)13-20(18)31-8-5-6-19(21(31)33)29-17-11-15(24(26,27)28)10-16(25)12-17/h10-12,18-20,29H,5-9,13H2,1-4H3/t18-,19?,20+/m1/s1. The number of hydrogen-bond acceptors (Lipinski definition) is 5. The van der Waals surface area contributed by atoms with Crippen LogP contribution in [0.3, 0.4) is 0 Å². The Morgan fingerprint density at radius 2 is 1.80 bits per heavy atom. The summed E-state index contributed by atoms with van der Waals surface area (Å²) in [6, 6.07) is 1.75. The van der Waals surface area contributed by atoms with Crippen molar-refractivity contribution in [3.05, 3.63) is 28.8 Å². The van der Waals surface area contributed by atoms with Crippen LogP contribution in [0.5, 0.6) is 0 Å². The number of piperidine rings is 2. The fourth-order valence-corrected chi connectivity index (χ4v) is 4.85. The number of rotatable bonds is 4. The quantitative estimate of drug-likeness (QED) is 0.609. The minimum Gasteiger partial charge on any atom is -0.444 e. The number of carbonyl (C=O) groups excluding carboxylic acids is 3. The van der Waals surface area contributed by atoms with Gasteiger partial charge in [-0.1, -0.05) is 11.6 Å². The van der Waals surface area contributed by atoms with Gasteiger partial charge in [0.05, 0.1) is 11.6 Å². The van der Waals surface area contributed by atoms with Gasteiger partial charge in [-0.3, -0.25) is 9.59 Å². The highest BCUT2D eigenvalue weighted by Gasteiger charge is 2.43. The zero-order valence-electron chi connectivity index (χ0n) is 20.2. The first kappa shape index (κ1) is 27.1. The summed E-state index contributed by atoms with van der Waals surface area (Å²) in [6.45, 7) is 7.61. The van der Waals surface area contributed by atoms with Crippen LogP contribution in [0.2, 0.25) is 5.02 Å². The van der Waals surface area contributed by atoms with E-state index in [9.17, 15) is 27.6 Å². The molecule has 35 heavy (non-hydrogen) atoms. The lowest BCUT2D eigenvalue weighted by atomic mass is 9.86. The largest absolute Gasteiger partial charge is 0.444 e. The van der Waals surface area contributed by atoms with Crippen molar-refractivity contribution in [2.75, 3.05) is 25.0 Å². The zero-order valence-corrected chi connectivity index (χ0v) is 21.0. The Bertz CT molecular complexity index is 980. The van der Waals surface area contributed by atoms with Crippen molar-refractivity contribution in [2.45, 2.75) is 70.8 Å². The molecule has 194 valence electrons. The molecule has 2 fully saturated rings. The van der Waals surface area contributed by atoms with Crippen molar-refractivity contribution in [1.29, 1.82) is 0 Å². The van der Waals surface area contributed by atoms with E-state index in [0.29, 0.717) is 32.4 Å². The van der Waals surface area contributed by atoms with Gasteiger partial charge in [-0.15, -0.1) is 0 Å². The van der Waals surface area contributed by atoms with Crippen LogP contribution in [-0.4, -0.2) is 64.9 Å². The first-order chi connectivity index (χ1) is 16.2. The Kier molecular flexibility index (Phi) is 7.93. The van der Waals surface area contributed by atoms with Gasteiger partial charge in [0, 0.05) is 36.3 Å². The molecule has 2 aliphatic heterocycles. The molecule has 0 saturated carbocycles. The molecule has 0 radical (unpaired) electrons. The van der Waals surface area contributed by atoms with Gasteiger partial charge >= 0.3 is 12.3 Å². The zero-order chi connectivity index (χ0) is 26.1. The molecule has 7 nitrogen and oxygen atoms in total. The van der Waals surface area contributed by atoms with Crippen molar-refractivity contribution >= 4 is 35.1 Å². The van der Waals surface area contributed by atoms with Crippen molar-refractivity contribution in [3.63, 3.8) is 0 Å². The number of likely N-dealkylation sites (tertiary alicyclic amines) is 2. The molecule has 2 heterocycles. The average molecular weight is 518 g/mol. The van der Waals surface area contributed by atoms with Crippen LogP contribution in [0, 0.1) is 5.92 Å². The van der Waals surface area contributed by atoms with Crippen molar-refractivity contribution < 1.29 is 32.3 Å². The number of ether oxygens (including phenoxy) is 1. The lowest BCUT2D eigenvalue weighted by Gasteiger charge is -2.46. The molecule has 1 aromatic carbocycles.